The summed E-state index contributed by atoms with van der Waals surface area (Å²) in [6.07, 6.45) is 0. The maximum atomic E-state index is 12.0. The fourth-order valence-corrected chi connectivity index (χ4v) is 3.19. The Morgan fingerprint density at radius 2 is 1.80 bits per heavy atom. The van der Waals surface area contributed by atoms with E-state index in [0.29, 0.717) is 34.7 Å². The van der Waals surface area contributed by atoms with Gasteiger partial charge in [-0.15, -0.1) is 0 Å². The van der Waals surface area contributed by atoms with Crippen LogP contribution in [0.15, 0.2) is 54.6 Å². The second-order valence-corrected chi connectivity index (χ2v) is 6.42. The Bertz CT molecular complexity index is 1250. The lowest BCUT2D eigenvalue weighted by atomic mass is 10.0. The van der Waals surface area contributed by atoms with E-state index in [1.165, 1.54) is 30.3 Å². The largest absolute Gasteiger partial charge is 0.494 e. The molecule has 0 atom stereocenters. The number of nitrogens with one attached hydrogen (secondary N) is 1. The molecule has 0 aliphatic carbocycles. The Hall–Kier alpha value is -4.27. The van der Waals surface area contributed by atoms with Gasteiger partial charge in [0.2, 0.25) is 0 Å². The number of non-ortho nitro benzene ring substituents is 1. The molecule has 2 aromatic heterocycles. The number of pyridine rings is 1. The number of nitro groups is 1. The summed E-state index contributed by atoms with van der Waals surface area (Å²) in [5.41, 5.74) is 2.41. The van der Waals surface area contributed by atoms with Crippen LogP contribution in [0, 0.1) is 10.1 Å². The van der Waals surface area contributed by atoms with E-state index in [1.807, 2.05) is 6.92 Å². The highest BCUT2D eigenvalue weighted by molar-refractivity contribution is 6.08. The number of H-pyrrole nitrogens is 1. The molecule has 2 N–H and O–H groups in total. The highest BCUT2D eigenvalue weighted by Gasteiger charge is 2.20. The first-order chi connectivity index (χ1) is 14.5. The second-order valence-electron chi connectivity index (χ2n) is 6.42. The zero-order valence-electron chi connectivity index (χ0n) is 15.8. The molecule has 0 saturated carbocycles. The van der Waals surface area contributed by atoms with Gasteiger partial charge in [0.25, 0.3) is 5.69 Å². The lowest BCUT2D eigenvalue weighted by molar-refractivity contribution is -0.384. The van der Waals surface area contributed by atoms with E-state index in [-0.39, 0.29) is 16.9 Å². The molecule has 0 saturated heterocycles. The molecule has 4 aromatic rings. The molecular weight excluding hydrogens is 388 g/mol. The minimum atomic E-state index is -1.13. The van der Waals surface area contributed by atoms with E-state index in [4.69, 9.17) is 4.74 Å². The third-order valence-corrected chi connectivity index (χ3v) is 4.58. The lowest BCUT2D eigenvalue weighted by Gasteiger charge is -2.07. The van der Waals surface area contributed by atoms with Crippen molar-refractivity contribution >= 4 is 22.7 Å². The van der Waals surface area contributed by atoms with Crippen molar-refractivity contribution in [2.45, 2.75) is 6.92 Å². The lowest BCUT2D eigenvalue weighted by Crippen LogP contribution is -2.00. The summed E-state index contributed by atoms with van der Waals surface area (Å²) in [5.74, 6) is -0.417. The van der Waals surface area contributed by atoms with Gasteiger partial charge in [0.05, 0.1) is 33.9 Å². The standard InChI is InChI=1S/C21H16N4O5/c1-2-30-15-9-5-12(6-10-15)17-11-16(21(26)27)18-19(23-24-20(18)22-17)13-3-7-14(8-4-13)25(28)29/h3-11H,2H2,1H3,(H,26,27)(H,22,23,24). The molecular formula is C21H16N4O5. The van der Waals surface area contributed by atoms with E-state index < -0.39 is 10.9 Å². The zero-order valence-corrected chi connectivity index (χ0v) is 15.8. The maximum Gasteiger partial charge on any atom is 0.336 e. The molecule has 30 heavy (non-hydrogen) atoms. The number of benzene rings is 2. The molecule has 0 unspecified atom stereocenters. The molecule has 2 heterocycles. The summed E-state index contributed by atoms with van der Waals surface area (Å²) in [6.45, 7) is 2.44. The van der Waals surface area contributed by atoms with Crippen molar-refractivity contribution < 1.29 is 19.6 Å². The van der Waals surface area contributed by atoms with Crippen LogP contribution in [0.4, 0.5) is 5.69 Å². The van der Waals surface area contributed by atoms with Gasteiger partial charge in [-0.3, -0.25) is 15.2 Å². The predicted octanol–water partition coefficient (Wildman–Crippen LogP) is 4.30. The quantitative estimate of drug-likeness (QED) is 0.362. The normalized spacial score (nSPS) is 10.8. The van der Waals surface area contributed by atoms with Crippen molar-refractivity contribution in [2.75, 3.05) is 6.61 Å². The molecule has 0 spiro atoms. The first-order valence-electron chi connectivity index (χ1n) is 9.08. The first-order valence-corrected chi connectivity index (χ1v) is 9.08. The van der Waals surface area contributed by atoms with E-state index >= 15 is 0 Å². The first kappa shape index (κ1) is 19.1. The highest BCUT2D eigenvalue weighted by atomic mass is 16.6. The van der Waals surface area contributed by atoms with Crippen LogP contribution < -0.4 is 4.74 Å². The van der Waals surface area contributed by atoms with Crippen molar-refractivity contribution in [3.05, 3.63) is 70.3 Å². The van der Waals surface area contributed by atoms with Gasteiger partial charge < -0.3 is 9.84 Å². The minimum Gasteiger partial charge on any atom is -0.494 e. The van der Waals surface area contributed by atoms with E-state index in [9.17, 15) is 20.0 Å². The molecule has 0 bridgehead atoms. The zero-order chi connectivity index (χ0) is 21.3. The summed E-state index contributed by atoms with van der Waals surface area (Å²) in [7, 11) is 0. The van der Waals surface area contributed by atoms with Crippen LogP contribution >= 0.6 is 0 Å². The summed E-state index contributed by atoms with van der Waals surface area (Å²) in [4.78, 5) is 26.9. The summed E-state index contributed by atoms with van der Waals surface area (Å²) < 4.78 is 5.43. The summed E-state index contributed by atoms with van der Waals surface area (Å²) in [6, 6.07) is 14.5. The fraction of sp³-hybridized carbons (Fsp3) is 0.0952. The smallest absolute Gasteiger partial charge is 0.336 e. The molecule has 9 nitrogen and oxygen atoms in total. The van der Waals surface area contributed by atoms with Crippen molar-refractivity contribution in [3.8, 4) is 28.3 Å². The Kier molecular flexibility index (Phi) is 4.85. The van der Waals surface area contributed by atoms with Gasteiger partial charge in [0, 0.05) is 23.3 Å². The van der Waals surface area contributed by atoms with E-state index in [2.05, 4.69) is 15.2 Å². The van der Waals surface area contributed by atoms with Crippen molar-refractivity contribution in [1.82, 2.24) is 15.2 Å². The van der Waals surface area contributed by atoms with E-state index in [0.717, 1.165) is 5.56 Å². The topological polar surface area (TPSA) is 131 Å². The fourth-order valence-electron chi connectivity index (χ4n) is 3.19. The third-order valence-electron chi connectivity index (χ3n) is 4.58. The predicted molar refractivity (Wildman–Crippen MR) is 110 cm³/mol. The van der Waals surface area contributed by atoms with Crippen LogP contribution in [0.25, 0.3) is 33.5 Å². The molecule has 0 radical (unpaired) electrons. The number of hydrogen-bond acceptors (Lipinski definition) is 6. The number of hydrogen-bond donors (Lipinski definition) is 2. The van der Waals surface area contributed by atoms with Gasteiger partial charge in [-0.2, -0.15) is 5.10 Å². The minimum absolute atomic E-state index is 0.0333. The summed E-state index contributed by atoms with van der Waals surface area (Å²) >= 11 is 0. The van der Waals surface area contributed by atoms with Crippen LogP contribution in [0.2, 0.25) is 0 Å². The van der Waals surface area contributed by atoms with Crippen molar-refractivity contribution in [3.63, 3.8) is 0 Å². The number of aromatic nitrogens is 3. The van der Waals surface area contributed by atoms with Crippen LogP contribution in [-0.2, 0) is 0 Å². The third kappa shape index (κ3) is 3.44. The molecule has 0 amide bonds. The number of ether oxygens (including phenoxy) is 1. The Morgan fingerprint density at radius 1 is 1.13 bits per heavy atom. The Labute approximate surface area is 170 Å². The molecule has 0 aliphatic rings. The summed E-state index contributed by atoms with van der Waals surface area (Å²) in [5, 5.41) is 28.0. The highest BCUT2D eigenvalue weighted by Crippen LogP contribution is 2.32. The molecule has 150 valence electrons. The molecule has 4 rings (SSSR count). The van der Waals surface area contributed by atoms with Crippen LogP contribution in [0.3, 0.4) is 0 Å². The number of carboxylic acid groups (broad SMARTS) is 1. The van der Waals surface area contributed by atoms with Gasteiger partial charge in [-0.05, 0) is 49.4 Å². The van der Waals surface area contributed by atoms with Crippen molar-refractivity contribution in [1.29, 1.82) is 0 Å². The number of fused-ring (bicyclic) bond motifs is 1. The SMILES string of the molecule is CCOc1ccc(-c2cc(C(=O)O)c3c(-c4ccc([N+](=O)[O-])cc4)[nH]nc3n2)cc1. The van der Waals surface area contributed by atoms with Gasteiger partial charge in [-0.25, -0.2) is 9.78 Å². The van der Waals surface area contributed by atoms with Gasteiger partial charge in [0.15, 0.2) is 5.65 Å². The Morgan fingerprint density at radius 3 is 2.40 bits per heavy atom. The Balaban J connectivity index is 1.82. The maximum absolute atomic E-state index is 12.0. The number of aromatic carboxylic acids is 1. The van der Waals surface area contributed by atoms with Crippen molar-refractivity contribution in [2.24, 2.45) is 0 Å². The molecule has 0 aliphatic heterocycles. The number of nitro benzene ring substituents is 1. The van der Waals surface area contributed by atoms with Gasteiger partial charge in [0.1, 0.15) is 5.75 Å². The average molecular weight is 404 g/mol. The average Bonchev–Trinajstić information content (AvgIpc) is 3.18. The molecule has 0 fully saturated rings. The molecule has 2 aromatic carbocycles. The van der Waals surface area contributed by atoms with Gasteiger partial charge >= 0.3 is 5.97 Å². The van der Waals surface area contributed by atoms with Crippen LogP contribution in [0.5, 0.6) is 5.75 Å². The number of aromatic amines is 1. The van der Waals surface area contributed by atoms with Crippen LogP contribution in [-0.4, -0.2) is 37.8 Å². The van der Waals surface area contributed by atoms with E-state index in [1.54, 1.807) is 24.3 Å². The number of carboxylic acids is 1. The van der Waals surface area contributed by atoms with Gasteiger partial charge in [-0.1, -0.05) is 0 Å². The monoisotopic (exact) mass is 404 g/mol. The van der Waals surface area contributed by atoms with Crippen LogP contribution in [0.1, 0.15) is 17.3 Å². The molecule has 9 heteroatoms. The number of rotatable bonds is 6. The second kappa shape index (κ2) is 7.63. The number of nitrogens with zero attached hydrogens (tertiary/aromatic N) is 3. The number of carbonyl (C=O) groups is 1.